The SMILES string of the molecule is C=CCCCCCN(C)C(=NCCc1cccc(OC)c1O)NCC. The third-order valence-corrected chi connectivity index (χ3v) is 4.04. The largest absolute Gasteiger partial charge is 0.504 e. The molecule has 0 aromatic heterocycles. The highest BCUT2D eigenvalue weighted by Crippen LogP contribution is 2.29. The van der Waals surface area contributed by atoms with Gasteiger partial charge in [0.05, 0.1) is 7.11 Å². The van der Waals surface area contributed by atoms with Crippen molar-refractivity contribution in [1.29, 1.82) is 0 Å². The number of phenols is 1. The summed E-state index contributed by atoms with van der Waals surface area (Å²) < 4.78 is 5.15. The molecule has 140 valence electrons. The zero-order chi connectivity index (χ0) is 18.5. The van der Waals surface area contributed by atoms with E-state index in [0.29, 0.717) is 18.7 Å². The lowest BCUT2D eigenvalue weighted by Gasteiger charge is -2.22. The van der Waals surface area contributed by atoms with Crippen molar-refractivity contribution in [3.63, 3.8) is 0 Å². The lowest BCUT2D eigenvalue weighted by atomic mass is 10.1. The summed E-state index contributed by atoms with van der Waals surface area (Å²) in [4.78, 5) is 6.85. The maximum atomic E-state index is 10.1. The fourth-order valence-electron chi connectivity index (χ4n) is 2.61. The van der Waals surface area contributed by atoms with Gasteiger partial charge in [-0.2, -0.15) is 0 Å². The van der Waals surface area contributed by atoms with Gasteiger partial charge in [0.2, 0.25) is 0 Å². The predicted octanol–water partition coefficient (Wildman–Crippen LogP) is 3.59. The Kier molecular flexibility index (Phi) is 10.2. The Morgan fingerprint density at radius 1 is 1.36 bits per heavy atom. The zero-order valence-electron chi connectivity index (χ0n) is 15.9. The van der Waals surface area contributed by atoms with Gasteiger partial charge in [0.25, 0.3) is 0 Å². The van der Waals surface area contributed by atoms with Crippen molar-refractivity contribution < 1.29 is 9.84 Å². The normalized spacial score (nSPS) is 11.2. The van der Waals surface area contributed by atoms with Gasteiger partial charge >= 0.3 is 0 Å². The molecule has 0 aliphatic carbocycles. The molecule has 0 aliphatic heterocycles. The van der Waals surface area contributed by atoms with Crippen LogP contribution in [0.2, 0.25) is 0 Å². The average molecular weight is 348 g/mol. The number of aliphatic imine (C=N–C) groups is 1. The predicted molar refractivity (Wildman–Crippen MR) is 106 cm³/mol. The van der Waals surface area contributed by atoms with Gasteiger partial charge < -0.3 is 20.1 Å². The molecule has 0 saturated carbocycles. The molecule has 5 nitrogen and oxygen atoms in total. The van der Waals surface area contributed by atoms with Crippen LogP contribution in [0.3, 0.4) is 0 Å². The second-order valence-corrected chi connectivity index (χ2v) is 6.01. The molecule has 0 saturated heterocycles. The van der Waals surface area contributed by atoms with Crippen LogP contribution in [0.5, 0.6) is 11.5 Å². The summed E-state index contributed by atoms with van der Waals surface area (Å²) in [7, 11) is 3.63. The van der Waals surface area contributed by atoms with E-state index in [2.05, 4.69) is 35.8 Å². The summed E-state index contributed by atoms with van der Waals surface area (Å²) in [6.45, 7) is 8.26. The molecule has 0 fully saturated rings. The Bertz CT molecular complexity index is 544. The number of guanidine groups is 1. The second kappa shape index (κ2) is 12.2. The lowest BCUT2D eigenvalue weighted by molar-refractivity contribution is 0.370. The highest BCUT2D eigenvalue weighted by molar-refractivity contribution is 5.79. The van der Waals surface area contributed by atoms with E-state index in [9.17, 15) is 5.11 Å². The fraction of sp³-hybridized carbons (Fsp3) is 0.550. The molecule has 0 unspecified atom stereocenters. The number of hydrogen-bond donors (Lipinski definition) is 2. The summed E-state index contributed by atoms with van der Waals surface area (Å²) >= 11 is 0. The third-order valence-electron chi connectivity index (χ3n) is 4.04. The van der Waals surface area contributed by atoms with Crippen LogP contribution >= 0.6 is 0 Å². The van der Waals surface area contributed by atoms with E-state index in [0.717, 1.165) is 37.5 Å². The van der Waals surface area contributed by atoms with E-state index in [4.69, 9.17) is 4.74 Å². The number of rotatable bonds is 11. The van der Waals surface area contributed by atoms with Crippen LogP contribution in [0.15, 0.2) is 35.8 Å². The van der Waals surface area contributed by atoms with E-state index in [1.54, 1.807) is 13.2 Å². The minimum Gasteiger partial charge on any atom is -0.504 e. The first kappa shape index (κ1) is 20.9. The number of phenolic OH excluding ortho intramolecular Hbond substituents is 1. The molecule has 0 aliphatic rings. The first-order valence-electron chi connectivity index (χ1n) is 9.09. The van der Waals surface area contributed by atoms with Crippen molar-refractivity contribution in [2.75, 3.05) is 33.8 Å². The van der Waals surface area contributed by atoms with E-state index in [-0.39, 0.29) is 5.75 Å². The molecule has 1 rings (SSSR count). The summed E-state index contributed by atoms with van der Waals surface area (Å²) in [6, 6.07) is 5.55. The van der Waals surface area contributed by atoms with E-state index >= 15 is 0 Å². The van der Waals surface area contributed by atoms with Gasteiger partial charge in [0.1, 0.15) is 0 Å². The molecule has 0 bridgehead atoms. The number of allylic oxidation sites excluding steroid dienone is 1. The Labute approximate surface area is 152 Å². The zero-order valence-corrected chi connectivity index (χ0v) is 15.9. The Morgan fingerprint density at radius 3 is 2.84 bits per heavy atom. The van der Waals surface area contributed by atoms with Crippen LogP contribution in [0.4, 0.5) is 0 Å². The van der Waals surface area contributed by atoms with Gasteiger partial charge in [-0.05, 0) is 44.2 Å². The van der Waals surface area contributed by atoms with Crippen LogP contribution in [0, 0.1) is 0 Å². The minimum atomic E-state index is 0.209. The lowest BCUT2D eigenvalue weighted by Crippen LogP contribution is -2.39. The molecule has 1 aromatic rings. The van der Waals surface area contributed by atoms with Gasteiger partial charge in [-0.15, -0.1) is 6.58 Å². The van der Waals surface area contributed by atoms with Crippen LogP contribution < -0.4 is 10.1 Å². The van der Waals surface area contributed by atoms with Crippen LogP contribution in [0.1, 0.15) is 38.2 Å². The number of nitrogens with zero attached hydrogens (tertiary/aromatic N) is 2. The second-order valence-electron chi connectivity index (χ2n) is 6.01. The third kappa shape index (κ3) is 7.50. The van der Waals surface area contributed by atoms with E-state index < -0.39 is 0 Å². The number of aromatic hydroxyl groups is 1. The number of para-hydroxylation sites is 1. The summed E-state index contributed by atoms with van der Waals surface area (Å²) in [5, 5.41) is 13.5. The van der Waals surface area contributed by atoms with Gasteiger partial charge in [-0.25, -0.2) is 0 Å². The monoisotopic (exact) mass is 347 g/mol. The molecular weight excluding hydrogens is 314 g/mol. The number of unbranched alkanes of at least 4 members (excludes halogenated alkanes) is 3. The summed E-state index contributed by atoms with van der Waals surface area (Å²) in [5.41, 5.74) is 0.853. The van der Waals surface area contributed by atoms with Gasteiger partial charge in [0, 0.05) is 26.7 Å². The smallest absolute Gasteiger partial charge is 0.193 e. The molecule has 0 amide bonds. The van der Waals surface area contributed by atoms with Crippen molar-refractivity contribution >= 4 is 5.96 Å². The number of benzene rings is 1. The van der Waals surface area contributed by atoms with Gasteiger partial charge in [-0.3, -0.25) is 4.99 Å². The van der Waals surface area contributed by atoms with Crippen molar-refractivity contribution in [3.05, 3.63) is 36.4 Å². The summed E-state index contributed by atoms with van der Waals surface area (Å²) in [6.07, 6.45) is 7.27. The molecule has 0 radical (unpaired) electrons. The highest BCUT2D eigenvalue weighted by Gasteiger charge is 2.08. The molecule has 25 heavy (non-hydrogen) atoms. The minimum absolute atomic E-state index is 0.209. The molecule has 1 aromatic carbocycles. The van der Waals surface area contributed by atoms with Crippen molar-refractivity contribution in [1.82, 2.24) is 10.2 Å². The van der Waals surface area contributed by atoms with Crippen LogP contribution in [-0.4, -0.2) is 49.8 Å². The fourth-order valence-corrected chi connectivity index (χ4v) is 2.61. The van der Waals surface area contributed by atoms with Gasteiger partial charge in [-0.1, -0.05) is 24.6 Å². The van der Waals surface area contributed by atoms with E-state index in [1.165, 1.54) is 12.8 Å². The Balaban J connectivity index is 2.55. The maximum absolute atomic E-state index is 10.1. The van der Waals surface area contributed by atoms with Gasteiger partial charge in [0.15, 0.2) is 17.5 Å². The van der Waals surface area contributed by atoms with Crippen LogP contribution in [-0.2, 0) is 6.42 Å². The Hall–Kier alpha value is -2.17. The maximum Gasteiger partial charge on any atom is 0.193 e. The topological polar surface area (TPSA) is 57.1 Å². The molecule has 0 spiro atoms. The van der Waals surface area contributed by atoms with E-state index in [1.807, 2.05) is 18.2 Å². The standard InChI is InChI=1S/C20H33N3O2/c1-5-7-8-9-10-16-23(3)20(21-6-2)22-15-14-17-12-11-13-18(25-4)19(17)24/h5,11-13,24H,1,6-10,14-16H2,2-4H3,(H,21,22). The quantitative estimate of drug-likeness (QED) is 0.278. The van der Waals surface area contributed by atoms with Crippen LogP contribution in [0.25, 0.3) is 0 Å². The van der Waals surface area contributed by atoms with Crippen molar-refractivity contribution in [3.8, 4) is 11.5 Å². The first-order chi connectivity index (χ1) is 12.1. The molecule has 5 heteroatoms. The van der Waals surface area contributed by atoms with Crippen molar-refractivity contribution in [2.24, 2.45) is 4.99 Å². The molecule has 0 atom stereocenters. The number of methoxy groups -OCH3 is 1. The molecule has 2 N–H and O–H groups in total. The number of nitrogens with one attached hydrogen (secondary N) is 1. The Morgan fingerprint density at radius 2 is 2.16 bits per heavy atom. The average Bonchev–Trinajstić information content (AvgIpc) is 2.62. The number of hydrogen-bond acceptors (Lipinski definition) is 3. The highest BCUT2D eigenvalue weighted by atomic mass is 16.5. The number of ether oxygens (including phenoxy) is 1. The van der Waals surface area contributed by atoms with Crippen molar-refractivity contribution in [2.45, 2.75) is 39.0 Å². The molecule has 0 heterocycles. The summed E-state index contributed by atoms with van der Waals surface area (Å²) in [5.74, 6) is 1.62. The first-order valence-corrected chi connectivity index (χ1v) is 9.09. The molecular formula is C20H33N3O2.